The molecule has 0 radical (unpaired) electrons. The number of aromatic amines is 1. The van der Waals surface area contributed by atoms with E-state index in [2.05, 4.69) is 47.6 Å². The summed E-state index contributed by atoms with van der Waals surface area (Å²) < 4.78 is 0. The predicted octanol–water partition coefficient (Wildman–Crippen LogP) is 3.77. The topological polar surface area (TPSA) is 57.8 Å². The number of H-pyrrole nitrogens is 1. The molecule has 1 fully saturated rings. The first kappa shape index (κ1) is 13.6. The quantitative estimate of drug-likeness (QED) is 0.886. The number of hydrogen-bond donors (Lipinski definition) is 2. The van der Waals surface area contributed by atoms with Crippen LogP contribution in [0.4, 0.5) is 5.82 Å². The molecule has 1 amide bonds. The Kier molecular flexibility index (Phi) is 3.06. The van der Waals surface area contributed by atoms with Gasteiger partial charge in [0, 0.05) is 29.5 Å². The Hall–Kier alpha value is -2.10. The number of hydrogen-bond acceptors (Lipinski definition) is 2. The molecule has 0 spiro atoms. The number of rotatable bonds is 2. The lowest BCUT2D eigenvalue weighted by atomic mass is 9.76. The molecule has 1 atom stereocenters. The number of nitrogens with one attached hydrogen (secondary N) is 2. The fourth-order valence-electron chi connectivity index (χ4n) is 3.77. The van der Waals surface area contributed by atoms with Crippen molar-refractivity contribution in [2.45, 2.75) is 51.4 Å². The van der Waals surface area contributed by atoms with Gasteiger partial charge in [-0.15, -0.1) is 0 Å². The zero-order chi connectivity index (χ0) is 15.3. The zero-order valence-corrected chi connectivity index (χ0v) is 13.1. The summed E-state index contributed by atoms with van der Waals surface area (Å²) in [5.74, 6) is 1.51. The molecule has 4 nitrogen and oxygen atoms in total. The Morgan fingerprint density at radius 2 is 2.05 bits per heavy atom. The van der Waals surface area contributed by atoms with Crippen LogP contribution >= 0.6 is 0 Å². The Balaban J connectivity index is 1.83. The Morgan fingerprint density at radius 1 is 1.23 bits per heavy atom. The van der Waals surface area contributed by atoms with Crippen molar-refractivity contribution >= 4 is 11.7 Å². The van der Waals surface area contributed by atoms with Crippen LogP contribution in [0.3, 0.4) is 0 Å². The maximum atomic E-state index is 12.1. The first-order valence-corrected chi connectivity index (χ1v) is 8.08. The van der Waals surface area contributed by atoms with Crippen molar-refractivity contribution in [3.05, 3.63) is 46.1 Å². The number of nitrogens with zero attached hydrogens (tertiary/aromatic N) is 1. The Morgan fingerprint density at radius 3 is 2.73 bits per heavy atom. The van der Waals surface area contributed by atoms with E-state index in [-0.39, 0.29) is 11.8 Å². The molecule has 2 aliphatic rings. The molecule has 0 saturated heterocycles. The molecule has 4 rings (SSSR count). The molecule has 1 saturated carbocycles. The van der Waals surface area contributed by atoms with Gasteiger partial charge in [0.1, 0.15) is 0 Å². The summed E-state index contributed by atoms with van der Waals surface area (Å²) in [6, 6.07) is 6.51. The first-order chi connectivity index (χ1) is 10.6. The average molecular weight is 295 g/mol. The van der Waals surface area contributed by atoms with Crippen molar-refractivity contribution in [1.82, 2.24) is 10.2 Å². The van der Waals surface area contributed by atoms with Crippen LogP contribution in [0.5, 0.6) is 0 Å². The minimum atomic E-state index is 0.0594. The second-order valence-corrected chi connectivity index (χ2v) is 6.69. The van der Waals surface area contributed by atoms with E-state index >= 15 is 0 Å². The second kappa shape index (κ2) is 4.97. The molecule has 4 heteroatoms. The molecule has 0 bridgehead atoms. The fourth-order valence-corrected chi connectivity index (χ4v) is 3.77. The number of amides is 1. The Labute approximate surface area is 130 Å². The summed E-state index contributed by atoms with van der Waals surface area (Å²) >= 11 is 0. The zero-order valence-electron chi connectivity index (χ0n) is 13.1. The highest BCUT2D eigenvalue weighted by Crippen LogP contribution is 2.45. The van der Waals surface area contributed by atoms with Crippen LogP contribution in [0, 0.1) is 13.8 Å². The van der Waals surface area contributed by atoms with Gasteiger partial charge in [0.15, 0.2) is 5.82 Å². The average Bonchev–Trinajstić information content (AvgIpc) is 2.79. The standard InChI is InChI=1S/C18H21N3O/c1-10-6-7-13(11(2)8-10)14-9-15(22)19-18-16(14)17(20-21-18)12-4-3-5-12/h6-8,12,14H,3-5,9H2,1-2H3,(H2,19,20,21,22). The molecule has 2 heterocycles. The van der Waals surface area contributed by atoms with Gasteiger partial charge in [0.25, 0.3) is 0 Å². The SMILES string of the molecule is Cc1ccc(C2CC(=O)Nc3n[nH]c(C4CCC4)c32)c(C)c1. The predicted molar refractivity (Wildman–Crippen MR) is 86.2 cm³/mol. The number of benzene rings is 1. The first-order valence-electron chi connectivity index (χ1n) is 8.08. The largest absolute Gasteiger partial charge is 0.309 e. The molecule has 1 aromatic carbocycles. The van der Waals surface area contributed by atoms with Crippen molar-refractivity contribution in [2.24, 2.45) is 0 Å². The number of carbonyl (C=O) groups is 1. The van der Waals surface area contributed by atoms with Gasteiger partial charge in [-0.3, -0.25) is 9.89 Å². The number of aryl methyl sites for hydroxylation is 2. The van der Waals surface area contributed by atoms with E-state index in [1.54, 1.807) is 0 Å². The van der Waals surface area contributed by atoms with Gasteiger partial charge in [0.2, 0.25) is 5.91 Å². The van der Waals surface area contributed by atoms with Crippen LogP contribution in [0.2, 0.25) is 0 Å². The van der Waals surface area contributed by atoms with Gasteiger partial charge in [-0.25, -0.2) is 0 Å². The van der Waals surface area contributed by atoms with Crippen molar-refractivity contribution in [3.8, 4) is 0 Å². The summed E-state index contributed by atoms with van der Waals surface area (Å²) in [5, 5.41) is 10.5. The van der Waals surface area contributed by atoms with Crippen LogP contribution in [-0.2, 0) is 4.79 Å². The lowest BCUT2D eigenvalue weighted by Crippen LogP contribution is -2.25. The van der Waals surface area contributed by atoms with Crippen molar-refractivity contribution in [3.63, 3.8) is 0 Å². The highest BCUT2D eigenvalue weighted by molar-refractivity contribution is 5.94. The number of aromatic nitrogens is 2. The molecule has 1 unspecified atom stereocenters. The van der Waals surface area contributed by atoms with E-state index in [4.69, 9.17) is 0 Å². The molecule has 1 aromatic heterocycles. The van der Waals surface area contributed by atoms with E-state index in [0.29, 0.717) is 12.3 Å². The van der Waals surface area contributed by atoms with E-state index in [1.807, 2.05) is 0 Å². The third kappa shape index (κ3) is 2.05. The molecular weight excluding hydrogens is 274 g/mol. The van der Waals surface area contributed by atoms with E-state index in [9.17, 15) is 4.79 Å². The minimum Gasteiger partial charge on any atom is -0.309 e. The lowest BCUT2D eigenvalue weighted by molar-refractivity contribution is -0.116. The maximum Gasteiger partial charge on any atom is 0.226 e. The minimum absolute atomic E-state index is 0.0594. The summed E-state index contributed by atoms with van der Waals surface area (Å²) in [7, 11) is 0. The molecule has 1 aliphatic carbocycles. The molecule has 1 aliphatic heterocycles. The van der Waals surface area contributed by atoms with E-state index < -0.39 is 0 Å². The highest BCUT2D eigenvalue weighted by Gasteiger charge is 2.35. The smallest absolute Gasteiger partial charge is 0.226 e. The monoisotopic (exact) mass is 295 g/mol. The normalized spacial score (nSPS) is 21.2. The molecule has 22 heavy (non-hydrogen) atoms. The molecular formula is C18H21N3O. The van der Waals surface area contributed by atoms with E-state index in [0.717, 1.165) is 5.82 Å². The number of anilines is 1. The van der Waals surface area contributed by atoms with Crippen LogP contribution < -0.4 is 5.32 Å². The van der Waals surface area contributed by atoms with Gasteiger partial charge >= 0.3 is 0 Å². The van der Waals surface area contributed by atoms with Crippen molar-refractivity contribution < 1.29 is 4.79 Å². The second-order valence-electron chi connectivity index (χ2n) is 6.69. The third-order valence-electron chi connectivity index (χ3n) is 5.14. The Bertz CT molecular complexity index is 743. The molecule has 2 aromatic rings. The van der Waals surface area contributed by atoms with Gasteiger partial charge < -0.3 is 5.32 Å². The fraction of sp³-hybridized carbons (Fsp3) is 0.444. The van der Waals surface area contributed by atoms with Crippen LogP contribution in [-0.4, -0.2) is 16.1 Å². The summed E-state index contributed by atoms with van der Waals surface area (Å²) in [6.45, 7) is 4.24. The third-order valence-corrected chi connectivity index (χ3v) is 5.14. The van der Waals surface area contributed by atoms with Gasteiger partial charge in [0.05, 0.1) is 0 Å². The van der Waals surface area contributed by atoms with Gasteiger partial charge in [-0.05, 0) is 37.8 Å². The van der Waals surface area contributed by atoms with Crippen LogP contribution in [0.25, 0.3) is 0 Å². The van der Waals surface area contributed by atoms with Crippen LogP contribution in [0.1, 0.15) is 65.5 Å². The lowest BCUT2D eigenvalue weighted by Gasteiger charge is -2.30. The maximum absolute atomic E-state index is 12.1. The van der Waals surface area contributed by atoms with Gasteiger partial charge in [-0.2, -0.15) is 5.10 Å². The van der Waals surface area contributed by atoms with Crippen LogP contribution in [0.15, 0.2) is 18.2 Å². The van der Waals surface area contributed by atoms with E-state index in [1.165, 1.54) is 47.2 Å². The highest BCUT2D eigenvalue weighted by atomic mass is 16.1. The summed E-state index contributed by atoms with van der Waals surface area (Å²) in [5.41, 5.74) is 6.23. The number of fused-ring (bicyclic) bond motifs is 1. The van der Waals surface area contributed by atoms with Gasteiger partial charge in [-0.1, -0.05) is 30.2 Å². The van der Waals surface area contributed by atoms with Crippen molar-refractivity contribution in [2.75, 3.05) is 5.32 Å². The van der Waals surface area contributed by atoms with Crippen molar-refractivity contribution in [1.29, 1.82) is 0 Å². The summed E-state index contributed by atoms with van der Waals surface area (Å²) in [6.07, 6.45) is 4.25. The molecule has 2 N–H and O–H groups in total. The summed E-state index contributed by atoms with van der Waals surface area (Å²) in [4.78, 5) is 12.1. The number of carbonyl (C=O) groups excluding carboxylic acids is 1. The molecule has 114 valence electrons.